The van der Waals surface area contributed by atoms with Gasteiger partial charge >= 0.3 is 0 Å². The molecule has 1 aliphatic rings. The molecule has 0 saturated carbocycles. The van der Waals surface area contributed by atoms with Crippen molar-refractivity contribution >= 4 is 17.5 Å². The molecule has 1 aromatic rings. The van der Waals surface area contributed by atoms with Crippen LogP contribution in [0.25, 0.3) is 0 Å². The van der Waals surface area contributed by atoms with Crippen LogP contribution in [-0.4, -0.2) is 30.8 Å². The van der Waals surface area contributed by atoms with Gasteiger partial charge in [-0.1, -0.05) is 12.1 Å². The van der Waals surface area contributed by atoms with E-state index in [9.17, 15) is 18.4 Å². The Bertz CT molecular complexity index is 576. The number of nitrogens with one attached hydrogen (secondary N) is 2. The smallest absolute Gasteiger partial charge is 0.277 e. The average molecular weight is 311 g/mol. The maximum absolute atomic E-state index is 12.9. The molecule has 2 amide bonds. The van der Waals surface area contributed by atoms with Crippen molar-refractivity contribution in [1.29, 1.82) is 0 Å². The Morgan fingerprint density at radius 2 is 2.18 bits per heavy atom. The van der Waals surface area contributed by atoms with Crippen LogP contribution in [-0.2, 0) is 22.4 Å². The van der Waals surface area contributed by atoms with Gasteiger partial charge in [-0.05, 0) is 30.0 Å². The first-order chi connectivity index (χ1) is 10.4. The Balaban J connectivity index is 1.74. The van der Waals surface area contributed by atoms with E-state index in [-0.39, 0.29) is 12.3 Å². The second-order valence-corrected chi connectivity index (χ2v) is 5.41. The predicted molar refractivity (Wildman–Crippen MR) is 78.7 cm³/mol. The van der Waals surface area contributed by atoms with Crippen LogP contribution in [0.5, 0.6) is 0 Å². The number of fused-ring (bicyclic) bond motifs is 1. The van der Waals surface area contributed by atoms with E-state index in [0.717, 1.165) is 16.8 Å². The second kappa shape index (κ2) is 6.83. The summed E-state index contributed by atoms with van der Waals surface area (Å²) in [6.07, 6.45) is 1.76. The fourth-order valence-electron chi connectivity index (χ4n) is 2.28. The number of amides is 2. The van der Waals surface area contributed by atoms with Gasteiger partial charge in [0.1, 0.15) is 0 Å². The minimum atomic E-state index is -3.06. The Morgan fingerprint density at radius 1 is 1.41 bits per heavy atom. The summed E-state index contributed by atoms with van der Waals surface area (Å²) in [4.78, 5) is 22.7. The number of hydrogen-bond donors (Lipinski definition) is 3. The molecule has 0 spiro atoms. The lowest BCUT2D eigenvalue weighted by Crippen LogP contribution is -2.41. The molecule has 2 rings (SSSR count). The van der Waals surface area contributed by atoms with Gasteiger partial charge in [0.25, 0.3) is 5.92 Å². The quantitative estimate of drug-likeness (QED) is 0.708. The first kappa shape index (κ1) is 16.4. The minimum Gasteiger partial charge on any atom is -0.350 e. The molecule has 0 atom stereocenters. The molecular formula is C15H19F2N3O2. The van der Waals surface area contributed by atoms with Crippen LogP contribution >= 0.6 is 0 Å². The fourth-order valence-corrected chi connectivity index (χ4v) is 2.28. The van der Waals surface area contributed by atoms with Gasteiger partial charge in [0, 0.05) is 12.1 Å². The van der Waals surface area contributed by atoms with Gasteiger partial charge in [0.05, 0.1) is 19.5 Å². The third-order valence-electron chi connectivity index (χ3n) is 3.51. The van der Waals surface area contributed by atoms with Crippen molar-refractivity contribution < 1.29 is 18.4 Å². The van der Waals surface area contributed by atoms with Crippen LogP contribution in [0.15, 0.2) is 18.2 Å². The largest absolute Gasteiger partial charge is 0.350 e. The molecular weight excluding hydrogens is 292 g/mol. The van der Waals surface area contributed by atoms with Gasteiger partial charge in [-0.2, -0.15) is 0 Å². The number of rotatable bonds is 7. The van der Waals surface area contributed by atoms with E-state index in [1.165, 1.54) is 0 Å². The van der Waals surface area contributed by atoms with E-state index < -0.39 is 24.9 Å². The topological polar surface area (TPSA) is 84.2 Å². The number of halogens is 2. The molecule has 1 aliphatic heterocycles. The Hall–Kier alpha value is -2.02. The van der Waals surface area contributed by atoms with Crippen LogP contribution in [0, 0.1) is 0 Å². The van der Waals surface area contributed by atoms with Gasteiger partial charge in [-0.3, -0.25) is 9.59 Å². The minimum absolute atomic E-state index is 0.0210. The average Bonchev–Trinajstić information content (AvgIpc) is 2.84. The first-order valence-corrected chi connectivity index (χ1v) is 7.16. The standard InChI is InChI=1S/C15H19F2N3O2/c16-15(17,8-18)9-19-13(21)3-1-2-10-4-5-12-11(6-10)7-14(22)20-12/h4-6H,1-3,7-9,18H2,(H,19,21)(H,20,22). The molecule has 0 unspecified atom stereocenters. The lowest BCUT2D eigenvalue weighted by atomic mass is 10.0. The molecule has 0 aliphatic carbocycles. The van der Waals surface area contributed by atoms with E-state index in [1.807, 2.05) is 18.2 Å². The zero-order valence-corrected chi connectivity index (χ0v) is 12.1. The Labute approximate surface area is 127 Å². The van der Waals surface area contributed by atoms with E-state index in [2.05, 4.69) is 10.6 Å². The highest BCUT2D eigenvalue weighted by Gasteiger charge is 2.26. The number of hydrogen-bond acceptors (Lipinski definition) is 3. The lowest BCUT2D eigenvalue weighted by Gasteiger charge is -2.14. The Kier molecular flexibility index (Phi) is 5.07. The van der Waals surface area contributed by atoms with Crippen LogP contribution in [0.2, 0.25) is 0 Å². The van der Waals surface area contributed by atoms with Gasteiger partial charge in [-0.25, -0.2) is 8.78 Å². The molecule has 4 N–H and O–H groups in total. The van der Waals surface area contributed by atoms with E-state index in [1.54, 1.807) is 0 Å². The number of aryl methyl sites for hydroxylation is 1. The van der Waals surface area contributed by atoms with E-state index in [4.69, 9.17) is 5.73 Å². The number of alkyl halides is 2. The van der Waals surface area contributed by atoms with Crippen LogP contribution < -0.4 is 16.4 Å². The normalized spacial score (nSPS) is 13.7. The summed E-state index contributed by atoms with van der Waals surface area (Å²) in [5.41, 5.74) is 7.70. The van der Waals surface area contributed by atoms with Crippen molar-refractivity contribution in [3.05, 3.63) is 29.3 Å². The molecule has 1 heterocycles. The van der Waals surface area contributed by atoms with Gasteiger partial charge in [-0.15, -0.1) is 0 Å². The predicted octanol–water partition coefficient (Wildman–Crippen LogP) is 1.21. The van der Waals surface area contributed by atoms with Crippen LogP contribution in [0.3, 0.4) is 0 Å². The monoisotopic (exact) mass is 311 g/mol. The summed E-state index contributed by atoms with van der Waals surface area (Å²) in [7, 11) is 0. The molecule has 0 radical (unpaired) electrons. The van der Waals surface area contributed by atoms with E-state index in [0.29, 0.717) is 19.3 Å². The highest BCUT2D eigenvalue weighted by Crippen LogP contribution is 2.24. The maximum Gasteiger partial charge on any atom is 0.277 e. The van der Waals surface area contributed by atoms with Crippen molar-refractivity contribution in [3.63, 3.8) is 0 Å². The van der Waals surface area contributed by atoms with Crippen molar-refractivity contribution in [3.8, 4) is 0 Å². The molecule has 0 fully saturated rings. The number of carbonyl (C=O) groups excluding carboxylic acids is 2. The summed E-state index contributed by atoms with van der Waals surface area (Å²) >= 11 is 0. The summed E-state index contributed by atoms with van der Waals surface area (Å²) in [5.74, 6) is -3.49. The van der Waals surface area contributed by atoms with Crippen molar-refractivity contribution in [2.24, 2.45) is 5.73 Å². The lowest BCUT2D eigenvalue weighted by molar-refractivity contribution is -0.123. The van der Waals surface area contributed by atoms with Gasteiger partial charge in [0.2, 0.25) is 11.8 Å². The summed E-state index contributed by atoms with van der Waals surface area (Å²) in [5, 5.41) is 4.93. The number of nitrogens with two attached hydrogens (primary N) is 1. The molecule has 5 nitrogen and oxygen atoms in total. The molecule has 0 saturated heterocycles. The third-order valence-corrected chi connectivity index (χ3v) is 3.51. The summed E-state index contributed by atoms with van der Waals surface area (Å²) < 4.78 is 25.8. The van der Waals surface area contributed by atoms with Crippen LogP contribution in [0.4, 0.5) is 14.5 Å². The van der Waals surface area contributed by atoms with Crippen molar-refractivity contribution in [2.75, 3.05) is 18.4 Å². The maximum atomic E-state index is 12.9. The highest BCUT2D eigenvalue weighted by molar-refractivity contribution is 5.99. The summed E-state index contributed by atoms with van der Waals surface area (Å²) in [6.45, 7) is -1.51. The second-order valence-electron chi connectivity index (χ2n) is 5.41. The number of carbonyl (C=O) groups is 2. The van der Waals surface area contributed by atoms with E-state index >= 15 is 0 Å². The molecule has 7 heteroatoms. The van der Waals surface area contributed by atoms with Crippen molar-refractivity contribution in [2.45, 2.75) is 31.6 Å². The third kappa shape index (κ3) is 4.49. The van der Waals surface area contributed by atoms with Gasteiger partial charge in [0.15, 0.2) is 0 Å². The first-order valence-electron chi connectivity index (χ1n) is 7.16. The van der Waals surface area contributed by atoms with Crippen molar-refractivity contribution in [1.82, 2.24) is 5.32 Å². The molecule has 0 aromatic heterocycles. The highest BCUT2D eigenvalue weighted by atomic mass is 19.3. The molecule has 22 heavy (non-hydrogen) atoms. The molecule has 0 bridgehead atoms. The fraction of sp³-hybridized carbons (Fsp3) is 0.467. The van der Waals surface area contributed by atoms with Gasteiger partial charge < -0.3 is 16.4 Å². The number of benzene rings is 1. The zero-order chi connectivity index (χ0) is 16.2. The Morgan fingerprint density at radius 3 is 2.91 bits per heavy atom. The number of anilines is 1. The van der Waals surface area contributed by atoms with Crippen LogP contribution in [0.1, 0.15) is 24.0 Å². The summed E-state index contributed by atoms with van der Waals surface area (Å²) in [6, 6.07) is 5.68. The SMILES string of the molecule is NCC(F)(F)CNC(=O)CCCc1ccc2c(c1)CC(=O)N2. The molecule has 120 valence electrons. The molecule has 1 aromatic carbocycles. The zero-order valence-electron chi connectivity index (χ0n) is 12.1.